The maximum Gasteiger partial charge on any atom is 0.256 e. The van der Waals surface area contributed by atoms with E-state index in [9.17, 15) is 4.79 Å². The zero-order valence-electron chi connectivity index (χ0n) is 8.66. The van der Waals surface area contributed by atoms with Gasteiger partial charge in [0.05, 0.1) is 17.8 Å². The van der Waals surface area contributed by atoms with Gasteiger partial charge in [0, 0.05) is 7.05 Å². The van der Waals surface area contributed by atoms with E-state index < -0.39 is 0 Å². The Morgan fingerprint density at radius 1 is 1.31 bits per heavy atom. The molecule has 80 valence electrons. The van der Waals surface area contributed by atoms with E-state index in [1.807, 2.05) is 18.2 Å². The standard InChI is InChI=1S/C10H9N5O/c1-14-6-9-11-12-13-15(9)8-5-3-2-4-7(8)10(14)16/h2-5H,6H2,1H3. The number of fused-ring (bicyclic) bond motifs is 3. The maximum absolute atomic E-state index is 12.0. The number of amides is 1. The molecule has 0 fully saturated rings. The van der Waals surface area contributed by atoms with E-state index in [4.69, 9.17) is 0 Å². The third-order valence-corrected chi connectivity index (χ3v) is 2.62. The number of carbonyl (C=O) groups is 1. The Kier molecular flexibility index (Phi) is 1.76. The van der Waals surface area contributed by atoms with Gasteiger partial charge in [-0.1, -0.05) is 12.1 Å². The van der Waals surface area contributed by atoms with Crippen molar-refractivity contribution >= 4 is 5.91 Å². The molecule has 1 aromatic heterocycles. The summed E-state index contributed by atoms with van der Waals surface area (Å²) in [5.41, 5.74) is 1.35. The molecule has 0 spiro atoms. The Bertz CT molecular complexity index is 562. The van der Waals surface area contributed by atoms with Crippen LogP contribution in [0.2, 0.25) is 0 Å². The fourth-order valence-corrected chi connectivity index (χ4v) is 1.82. The summed E-state index contributed by atoms with van der Waals surface area (Å²) in [5.74, 6) is 0.642. The number of carbonyl (C=O) groups excluding carboxylic acids is 1. The Morgan fingerprint density at radius 2 is 2.12 bits per heavy atom. The molecule has 0 radical (unpaired) electrons. The Hall–Kier alpha value is -2.24. The molecule has 2 heterocycles. The van der Waals surface area contributed by atoms with Crippen LogP contribution < -0.4 is 0 Å². The van der Waals surface area contributed by atoms with Crippen molar-refractivity contribution in [2.75, 3.05) is 7.05 Å². The lowest BCUT2D eigenvalue weighted by molar-refractivity contribution is 0.0786. The quantitative estimate of drug-likeness (QED) is 0.631. The second-order valence-electron chi connectivity index (χ2n) is 3.69. The largest absolute Gasteiger partial charge is 0.334 e. The van der Waals surface area contributed by atoms with Crippen molar-refractivity contribution in [2.24, 2.45) is 0 Å². The molecule has 0 unspecified atom stereocenters. The highest BCUT2D eigenvalue weighted by atomic mass is 16.2. The molecule has 16 heavy (non-hydrogen) atoms. The first kappa shape index (κ1) is 9.02. The summed E-state index contributed by atoms with van der Waals surface area (Å²) in [4.78, 5) is 13.6. The second kappa shape index (κ2) is 3.13. The van der Waals surface area contributed by atoms with Crippen molar-refractivity contribution in [3.63, 3.8) is 0 Å². The first-order chi connectivity index (χ1) is 7.77. The molecule has 6 heteroatoms. The van der Waals surface area contributed by atoms with Crippen LogP contribution in [-0.4, -0.2) is 38.1 Å². The van der Waals surface area contributed by atoms with Gasteiger partial charge in [-0.25, -0.2) is 0 Å². The van der Waals surface area contributed by atoms with Gasteiger partial charge >= 0.3 is 0 Å². The molecule has 0 aliphatic carbocycles. The third-order valence-electron chi connectivity index (χ3n) is 2.62. The average Bonchev–Trinajstić information content (AvgIpc) is 2.72. The number of aromatic nitrogens is 4. The first-order valence-electron chi connectivity index (χ1n) is 4.89. The number of benzene rings is 1. The number of rotatable bonds is 0. The SMILES string of the molecule is CN1Cc2nnnn2-c2ccccc2C1=O. The summed E-state index contributed by atoms with van der Waals surface area (Å²) in [6.07, 6.45) is 0. The highest BCUT2D eigenvalue weighted by Crippen LogP contribution is 2.20. The predicted octanol–water partition coefficient (Wildman–Crippen LogP) is 0.248. The van der Waals surface area contributed by atoms with Crippen LogP contribution in [0.3, 0.4) is 0 Å². The molecule has 0 atom stereocenters. The van der Waals surface area contributed by atoms with Crippen molar-refractivity contribution in [3.05, 3.63) is 35.7 Å². The minimum absolute atomic E-state index is 0.0251. The van der Waals surface area contributed by atoms with Crippen LogP contribution in [0.4, 0.5) is 0 Å². The molecule has 0 saturated heterocycles. The molecule has 0 N–H and O–H groups in total. The van der Waals surface area contributed by atoms with Crippen LogP contribution in [0.15, 0.2) is 24.3 Å². The second-order valence-corrected chi connectivity index (χ2v) is 3.69. The number of hydrogen-bond acceptors (Lipinski definition) is 4. The minimum Gasteiger partial charge on any atom is -0.334 e. The molecule has 0 bridgehead atoms. The maximum atomic E-state index is 12.0. The van der Waals surface area contributed by atoms with E-state index in [2.05, 4.69) is 15.5 Å². The van der Waals surface area contributed by atoms with E-state index in [1.165, 1.54) is 0 Å². The molecule has 1 aromatic carbocycles. The van der Waals surface area contributed by atoms with Crippen LogP contribution in [0, 0.1) is 0 Å². The number of nitrogens with zero attached hydrogens (tertiary/aromatic N) is 5. The van der Waals surface area contributed by atoms with Crippen molar-refractivity contribution in [2.45, 2.75) is 6.54 Å². The Morgan fingerprint density at radius 3 is 3.00 bits per heavy atom. The lowest BCUT2D eigenvalue weighted by Gasteiger charge is -2.12. The zero-order valence-corrected chi connectivity index (χ0v) is 8.66. The van der Waals surface area contributed by atoms with Gasteiger partial charge in [-0.3, -0.25) is 4.79 Å². The molecule has 1 amide bonds. The molecule has 1 aliphatic heterocycles. The van der Waals surface area contributed by atoms with Crippen LogP contribution in [-0.2, 0) is 6.54 Å². The van der Waals surface area contributed by atoms with E-state index in [-0.39, 0.29) is 5.91 Å². The number of hydrogen-bond donors (Lipinski definition) is 0. The minimum atomic E-state index is -0.0251. The molecule has 0 saturated carbocycles. The average molecular weight is 215 g/mol. The van der Waals surface area contributed by atoms with Gasteiger partial charge in [0.25, 0.3) is 5.91 Å². The Balaban J connectivity index is 2.32. The molecule has 1 aliphatic rings. The van der Waals surface area contributed by atoms with E-state index in [1.54, 1.807) is 22.7 Å². The van der Waals surface area contributed by atoms with Gasteiger partial charge in [-0.2, -0.15) is 4.68 Å². The van der Waals surface area contributed by atoms with Crippen LogP contribution in [0.1, 0.15) is 16.2 Å². The fraction of sp³-hybridized carbons (Fsp3) is 0.200. The topological polar surface area (TPSA) is 63.9 Å². The third kappa shape index (κ3) is 1.13. The summed E-state index contributed by atoms with van der Waals surface area (Å²) in [6.45, 7) is 0.417. The normalized spacial score (nSPS) is 14.3. The van der Waals surface area contributed by atoms with Gasteiger partial charge in [0.2, 0.25) is 0 Å². The number of tetrazole rings is 1. The van der Waals surface area contributed by atoms with Crippen LogP contribution >= 0.6 is 0 Å². The zero-order chi connectivity index (χ0) is 11.1. The highest BCUT2D eigenvalue weighted by molar-refractivity contribution is 5.98. The van der Waals surface area contributed by atoms with Gasteiger partial charge in [-0.05, 0) is 22.6 Å². The van der Waals surface area contributed by atoms with Crippen molar-refractivity contribution < 1.29 is 4.79 Å². The van der Waals surface area contributed by atoms with Crippen molar-refractivity contribution in [1.29, 1.82) is 0 Å². The van der Waals surface area contributed by atoms with Gasteiger partial charge in [0.1, 0.15) is 0 Å². The predicted molar refractivity (Wildman–Crippen MR) is 55.0 cm³/mol. The van der Waals surface area contributed by atoms with E-state index in [0.29, 0.717) is 17.9 Å². The molecule has 6 nitrogen and oxygen atoms in total. The summed E-state index contributed by atoms with van der Waals surface area (Å²) in [6, 6.07) is 7.32. The van der Waals surface area contributed by atoms with Gasteiger partial charge in [-0.15, -0.1) is 5.10 Å². The molecule has 2 aromatic rings. The van der Waals surface area contributed by atoms with E-state index >= 15 is 0 Å². The highest BCUT2D eigenvalue weighted by Gasteiger charge is 2.24. The van der Waals surface area contributed by atoms with Crippen molar-refractivity contribution in [3.8, 4) is 5.69 Å². The van der Waals surface area contributed by atoms with Crippen LogP contribution in [0.25, 0.3) is 5.69 Å². The summed E-state index contributed by atoms with van der Waals surface area (Å²) in [7, 11) is 1.74. The van der Waals surface area contributed by atoms with Crippen LogP contribution in [0.5, 0.6) is 0 Å². The fourth-order valence-electron chi connectivity index (χ4n) is 1.82. The summed E-state index contributed by atoms with van der Waals surface area (Å²) in [5, 5.41) is 11.4. The lowest BCUT2D eigenvalue weighted by atomic mass is 10.1. The van der Waals surface area contributed by atoms with Crippen molar-refractivity contribution in [1.82, 2.24) is 25.1 Å². The van der Waals surface area contributed by atoms with Gasteiger partial charge in [0.15, 0.2) is 5.82 Å². The molecule has 3 rings (SSSR count). The molecular formula is C10H9N5O. The Labute approximate surface area is 91.5 Å². The van der Waals surface area contributed by atoms with E-state index in [0.717, 1.165) is 5.69 Å². The first-order valence-corrected chi connectivity index (χ1v) is 4.89. The summed E-state index contributed by atoms with van der Waals surface area (Å²) < 4.78 is 1.61. The molecular weight excluding hydrogens is 206 g/mol. The number of para-hydroxylation sites is 1. The lowest BCUT2D eigenvalue weighted by Crippen LogP contribution is -2.25. The smallest absolute Gasteiger partial charge is 0.256 e. The summed E-state index contributed by atoms with van der Waals surface area (Å²) >= 11 is 0. The van der Waals surface area contributed by atoms with Gasteiger partial charge < -0.3 is 4.90 Å². The monoisotopic (exact) mass is 215 g/mol.